The van der Waals surface area contributed by atoms with E-state index in [1.165, 1.54) is 6.92 Å². The van der Waals surface area contributed by atoms with Gasteiger partial charge in [0.25, 0.3) is 0 Å². The van der Waals surface area contributed by atoms with Crippen LogP contribution in [-0.4, -0.2) is 5.97 Å². The third kappa shape index (κ3) is 6.11. The summed E-state index contributed by atoms with van der Waals surface area (Å²) in [5.74, 6) is 12.4. The van der Waals surface area contributed by atoms with Crippen molar-refractivity contribution in [2.24, 2.45) is 0 Å². The number of halogens is 1. The quantitative estimate of drug-likeness (QED) is 0.350. The van der Waals surface area contributed by atoms with Crippen LogP contribution in [0.4, 0.5) is 0 Å². The van der Waals surface area contributed by atoms with E-state index < -0.39 is 5.60 Å². The highest BCUT2D eigenvalue weighted by atomic mass is 79.9. The van der Waals surface area contributed by atoms with E-state index in [1.54, 1.807) is 0 Å². The molecule has 30 heavy (non-hydrogen) atoms. The van der Waals surface area contributed by atoms with E-state index in [0.29, 0.717) is 12.8 Å². The summed E-state index contributed by atoms with van der Waals surface area (Å²) in [5.41, 5.74) is 1.59. The normalized spacial score (nSPS) is 11.8. The molecule has 3 aromatic carbocycles. The number of hydrogen-bond acceptors (Lipinski definition) is 2. The maximum Gasteiger partial charge on any atom is 0.304 e. The molecule has 0 saturated carbocycles. The average molecular weight is 457 g/mol. The molecule has 0 heterocycles. The lowest BCUT2D eigenvalue weighted by atomic mass is 9.88. The maximum absolute atomic E-state index is 12.0. The van der Waals surface area contributed by atoms with E-state index in [1.807, 2.05) is 84.9 Å². The van der Waals surface area contributed by atoms with Crippen LogP contribution in [-0.2, 0) is 15.1 Å². The minimum atomic E-state index is -1.06. The number of esters is 1. The van der Waals surface area contributed by atoms with Gasteiger partial charge in [0.05, 0.1) is 0 Å². The van der Waals surface area contributed by atoms with Gasteiger partial charge in [-0.1, -0.05) is 82.2 Å². The number of benzene rings is 3. The van der Waals surface area contributed by atoms with Crippen molar-refractivity contribution in [2.75, 3.05) is 0 Å². The fraction of sp³-hybridized carbons (Fsp3) is 0.148. The third-order valence-electron chi connectivity index (χ3n) is 4.42. The van der Waals surface area contributed by atoms with Crippen LogP contribution in [0, 0.1) is 23.7 Å². The van der Waals surface area contributed by atoms with Crippen molar-refractivity contribution >= 4 is 21.9 Å². The summed E-state index contributed by atoms with van der Waals surface area (Å²) in [4.78, 5) is 12.0. The molecule has 0 bridgehead atoms. The molecule has 0 aliphatic carbocycles. The molecule has 0 aromatic heterocycles. The molecule has 0 fully saturated rings. The van der Waals surface area contributed by atoms with Gasteiger partial charge in [-0.2, -0.15) is 0 Å². The number of hydrogen-bond donors (Lipinski definition) is 0. The van der Waals surface area contributed by atoms with E-state index in [9.17, 15) is 4.79 Å². The molecule has 2 nitrogen and oxygen atoms in total. The van der Waals surface area contributed by atoms with E-state index >= 15 is 0 Å². The first-order valence-corrected chi connectivity index (χ1v) is 10.4. The second kappa shape index (κ2) is 10.5. The lowest BCUT2D eigenvalue weighted by Crippen LogP contribution is -2.30. The zero-order valence-electron chi connectivity index (χ0n) is 16.7. The van der Waals surface area contributed by atoms with Crippen molar-refractivity contribution in [2.45, 2.75) is 25.4 Å². The highest BCUT2D eigenvalue weighted by Crippen LogP contribution is 2.31. The van der Waals surface area contributed by atoms with Gasteiger partial charge in [-0.3, -0.25) is 4.79 Å². The Hall–Kier alpha value is -3.27. The molecule has 0 aliphatic rings. The van der Waals surface area contributed by atoms with Gasteiger partial charge in [-0.05, 0) is 42.3 Å². The molecule has 3 aromatic rings. The molecular formula is C27H21BrO2. The Bertz CT molecular complexity index is 1100. The number of carbonyl (C=O) groups is 1. The molecule has 148 valence electrons. The van der Waals surface area contributed by atoms with Crippen LogP contribution < -0.4 is 0 Å². The first kappa shape index (κ1) is 21.4. The SMILES string of the molecule is CC(=O)OC(C#Cc1ccccc1)(CCC#Cc1ccc(Br)cc1)c1ccccc1. The zero-order valence-corrected chi connectivity index (χ0v) is 18.3. The van der Waals surface area contributed by atoms with Gasteiger partial charge in [0.1, 0.15) is 0 Å². The fourth-order valence-electron chi connectivity index (χ4n) is 3.00. The van der Waals surface area contributed by atoms with Crippen molar-refractivity contribution in [1.82, 2.24) is 0 Å². The third-order valence-corrected chi connectivity index (χ3v) is 4.95. The number of carbonyl (C=O) groups excluding carboxylic acids is 1. The lowest BCUT2D eigenvalue weighted by molar-refractivity contribution is -0.152. The molecule has 1 atom stereocenters. The molecule has 0 saturated heterocycles. The summed E-state index contributed by atoms with van der Waals surface area (Å²) < 4.78 is 6.84. The van der Waals surface area contributed by atoms with Gasteiger partial charge in [-0.15, -0.1) is 0 Å². The highest BCUT2D eigenvalue weighted by Gasteiger charge is 2.33. The zero-order chi connectivity index (χ0) is 21.2. The number of rotatable bonds is 4. The van der Waals surface area contributed by atoms with E-state index in [4.69, 9.17) is 4.74 Å². The largest absolute Gasteiger partial charge is 0.442 e. The molecular weight excluding hydrogens is 436 g/mol. The van der Waals surface area contributed by atoms with E-state index in [-0.39, 0.29) is 5.97 Å². The summed E-state index contributed by atoms with van der Waals surface area (Å²) in [7, 11) is 0. The van der Waals surface area contributed by atoms with Crippen LogP contribution in [0.1, 0.15) is 36.5 Å². The Labute approximate surface area is 186 Å². The predicted molar refractivity (Wildman–Crippen MR) is 123 cm³/mol. The van der Waals surface area contributed by atoms with Crippen LogP contribution >= 0.6 is 15.9 Å². The average Bonchev–Trinajstić information content (AvgIpc) is 2.77. The molecule has 0 N–H and O–H groups in total. The van der Waals surface area contributed by atoms with Crippen molar-refractivity contribution in [3.8, 4) is 23.7 Å². The van der Waals surface area contributed by atoms with Gasteiger partial charge in [-0.25, -0.2) is 0 Å². The van der Waals surface area contributed by atoms with Gasteiger partial charge < -0.3 is 4.74 Å². The summed E-state index contributed by atoms with van der Waals surface area (Å²) >= 11 is 3.43. The Kier molecular flexibility index (Phi) is 7.50. The van der Waals surface area contributed by atoms with E-state index in [0.717, 1.165) is 21.2 Å². The Balaban J connectivity index is 1.92. The lowest BCUT2D eigenvalue weighted by Gasteiger charge is -2.28. The molecule has 3 rings (SSSR count). The summed E-state index contributed by atoms with van der Waals surface area (Å²) in [6.07, 6.45) is 1.00. The number of ether oxygens (including phenoxy) is 1. The minimum absolute atomic E-state index is 0.373. The Morgan fingerprint density at radius 3 is 2.10 bits per heavy atom. The Morgan fingerprint density at radius 1 is 0.867 bits per heavy atom. The van der Waals surface area contributed by atoms with Crippen LogP contribution in [0.15, 0.2) is 89.4 Å². The first-order valence-electron chi connectivity index (χ1n) is 9.65. The van der Waals surface area contributed by atoms with Crippen LogP contribution in [0.5, 0.6) is 0 Å². The molecule has 0 aliphatic heterocycles. The maximum atomic E-state index is 12.0. The summed E-state index contributed by atoms with van der Waals surface area (Å²) in [5, 5.41) is 0. The summed E-state index contributed by atoms with van der Waals surface area (Å²) in [6.45, 7) is 1.41. The molecule has 3 heteroatoms. The van der Waals surface area contributed by atoms with Gasteiger partial charge in [0, 0.05) is 40.9 Å². The van der Waals surface area contributed by atoms with Crippen molar-refractivity contribution in [3.63, 3.8) is 0 Å². The topological polar surface area (TPSA) is 26.3 Å². The van der Waals surface area contributed by atoms with E-state index in [2.05, 4.69) is 39.6 Å². The van der Waals surface area contributed by atoms with Crippen LogP contribution in [0.2, 0.25) is 0 Å². The molecule has 0 spiro atoms. The molecule has 0 amide bonds. The van der Waals surface area contributed by atoms with Crippen LogP contribution in [0.3, 0.4) is 0 Å². The van der Waals surface area contributed by atoms with Crippen molar-refractivity contribution < 1.29 is 9.53 Å². The standard InChI is InChI=1S/C27H21BrO2/c1-22(29)30-27(25-13-6-3-7-14-25,21-19-23-10-4-2-5-11-23)20-9-8-12-24-15-17-26(28)18-16-24/h2-7,10-11,13-18H,9,20H2,1H3. The second-order valence-electron chi connectivity index (χ2n) is 6.71. The fourth-order valence-corrected chi connectivity index (χ4v) is 3.26. The molecule has 1 unspecified atom stereocenters. The first-order chi connectivity index (χ1) is 14.6. The second-order valence-corrected chi connectivity index (χ2v) is 7.63. The Morgan fingerprint density at radius 2 is 1.47 bits per heavy atom. The minimum Gasteiger partial charge on any atom is -0.442 e. The molecule has 0 radical (unpaired) electrons. The smallest absolute Gasteiger partial charge is 0.304 e. The van der Waals surface area contributed by atoms with Gasteiger partial charge >= 0.3 is 5.97 Å². The van der Waals surface area contributed by atoms with Crippen molar-refractivity contribution in [3.05, 3.63) is 106 Å². The highest BCUT2D eigenvalue weighted by molar-refractivity contribution is 9.10. The van der Waals surface area contributed by atoms with Gasteiger partial charge in [0.2, 0.25) is 0 Å². The monoisotopic (exact) mass is 456 g/mol. The summed E-state index contributed by atoms with van der Waals surface area (Å²) in [6, 6.07) is 27.2. The van der Waals surface area contributed by atoms with Gasteiger partial charge in [0.15, 0.2) is 5.60 Å². The van der Waals surface area contributed by atoms with Crippen LogP contribution in [0.25, 0.3) is 0 Å². The predicted octanol–water partition coefficient (Wildman–Crippen LogP) is 6.09. The van der Waals surface area contributed by atoms with Crippen molar-refractivity contribution in [1.29, 1.82) is 0 Å².